The summed E-state index contributed by atoms with van der Waals surface area (Å²) in [6.07, 6.45) is 0.172. The Balaban J connectivity index is 3.79. The molecule has 0 aliphatic carbocycles. The van der Waals surface area contributed by atoms with Crippen molar-refractivity contribution < 1.29 is 13.5 Å². The van der Waals surface area contributed by atoms with Crippen LogP contribution in [-0.2, 0) is 10.0 Å². The van der Waals surface area contributed by atoms with Gasteiger partial charge in [-0.15, -0.1) is 0 Å². The summed E-state index contributed by atoms with van der Waals surface area (Å²) in [5.41, 5.74) is -0.952. The number of sulfonamides is 1. The Morgan fingerprint density at radius 3 is 2.00 bits per heavy atom. The van der Waals surface area contributed by atoms with Crippen molar-refractivity contribution in [3.05, 3.63) is 0 Å². The molecule has 0 unspecified atom stereocenters. The molecule has 0 aromatic carbocycles. The highest BCUT2D eigenvalue weighted by molar-refractivity contribution is 7.89. The first-order valence-electron chi connectivity index (χ1n) is 2.93. The maximum atomic E-state index is 10.3. The second-order valence-electron chi connectivity index (χ2n) is 2.93. The summed E-state index contributed by atoms with van der Waals surface area (Å²) in [6.45, 7) is 3.08. The van der Waals surface area contributed by atoms with E-state index in [0.717, 1.165) is 0 Å². The molecule has 10 heavy (non-hydrogen) atoms. The third-order valence-electron chi connectivity index (χ3n) is 0.998. The zero-order valence-electron chi connectivity index (χ0n) is 6.16. The molecule has 0 bridgehead atoms. The first-order valence-corrected chi connectivity index (χ1v) is 4.65. The van der Waals surface area contributed by atoms with Gasteiger partial charge in [-0.05, 0) is 20.3 Å². The van der Waals surface area contributed by atoms with E-state index in [2.05, 4.69) is 0 Å². The van der Waals surface area contributed by atoms with Gasteiger partial charge < -0.3 is 5.11 Å². The molecule has 0 radical (unpaired) electrons. The molecule has 0 aromatic rings. The topological polar surface area (TPSA) is 80.4 Å². The monoisotopic (exact) mass is 167 g/mol. The van der Waals surface area contributed by atoms with Gasteiger partial charge in [0.15, 0.2) is 0 Å². The fourth-order valence-corrected chi connectivity index (χ4v) is 1.18. The molecule has 0 saturated heterocycles. The highest BCUT2D eigenvalue weighted by Crippen LogP contribution is 2.07. The van der Waals surface area contributed by atoms with Crippen LogP contribution in [0.1, 0.15) is 20.3 Å². The molecule has 0 rings (SSSR count). The minimum atomic E-state index is -3.42. The van der Waals surface area contributed by atoms with Crippen molar-refractivity contribution in [3.8, 4) is 0 Å². The minimum Gasteiger partial charge on any atom is -0.390 e. The minimum absolute atomic E-state index is 0.170. The van der Waals surface area contributed by atoms with Crippen molar-refractivity contribution >= 4 is 10.0 Å². The molecule has 3 N–H and O–H groups in total. The van der Waals surface area contributed by atoms with Crippen LogP contribution in [0.5, 0.6) is 0 Å². The van der Waals surface area contributed by atoms with Crippen molar-refractivity contribution in [2.75, 3.05) is 5.75 Å². The first kappa shape index (κ1) is 9.87. The largest absolute Gasteiger partial charge is 0.390 e. The van der Waals surface area contributed by atoms with Crippen LogP contribution in [0.2, 0.25) is 0 Å². The van der Waals surface area contributed by atoms with E-state index in [1.807, 2.05) is 0 Å². The smallest absolute Gasteiger partial charge is 0.209 e. The Morgan fingerprint density at radius 1 is 1.50 bits per heavy atom. The lowest BCUT2D eigenvalue weighted by atomic mass is 10.1. The van der Waals surface area contributed by atoms with Crippen molar-refractivity contribution in [1.29, 1.82) is 0 Å². The molecule has 0 amide bonds. The van der Waals surface area contributed by atoms with Crippen LogP contribution < -0.4 is 5.14 Å². The van der Waals surface area contributed by atoms with Gasteiger partial charge in [0.1, 0.15) is 0 Å². The number of nitrogens with two attached hydrogens (primary N) is 1. The fourth-order valence-electron chi connectivity index (χ4n) is 0.392. The Hall–Kier alpha value is -0.130. The van der Waals surface area contributed by atoms with Gasteiger partial charge in [0.05, 0.1) is 11.4 Å². The second kappa shape index (κ2) is 2.86. The van der Waals surface area contributed by atoms with Gasteiger partial charge in [-0.1, -0.05) is 0 Å². The van der Waals surface area contributed by atoms with Gasteiger partial charge in [0.2, 0.25) is 10.0 Å². The van der Waals surface area contributed by atoms with E-state index in [4.69, 9.17) is 10.2 Å². The van der Waals surface area contributed by atoms with Gasteiger partial charge in [0.25, 0.3) is 0 Å². The van der Waals surface area contributed by atoms with E-state index in [1.54, 1.807) is 0 Å². The number of rotatable bonds is 3. The predicted molar refractivity (Wildman–Crippen MR) is 38.9 cm³/mol. The van der Waals surface area contributed by atoms with Crippen LogP contribution in [0.25, 0.3) is 0 Å². The maximum absolute atomic E-state index is 10.3. The summed E-state index contributed by atoms with van der Waals surface area (Å²) >= 11 is 0. The van der Waals surface area contributed by atoms with E-state index in [0.29, 0.717) is 0 Å². The molecule has 0 aliphatic rings. The van der Waals surface area contributed by atoms with Gasteiger partial charge in [-0.2, -0.15) is 0 Å². The number of hydrogen-bond acceptors (Lipinski definition) is 3. The van der Waals surface area contributed by atoms with Crippen molar-refractivity contribution in [2.45, 2.75) is 25.9 Å². The standard InChI is InChI=1S/C5H13NO3S/c1-5(2,7)3-4-10(6,8)9/h7H,3-4H2,1-2H3,(H2,6,8,9). The Kier molecular flexibility index (Phi) is 2.82. The lowest BCUT2D eigenvalue weighted by molar-refractivity contribution is 0.0772. The molecule has 0 saturated carbocycles. The third-order valence-corrected chi connectivity index (χ3v) is 1.77. The molecule has 0 aliphatic heterocycles. The normalized spacial score (nSPS) is 13.6. The van der Waals surface area contributed by atoms with Crippen LogP contribution in [0.15, 0.2) is 0 Å². The molecule has 0 fully saturated rings. The Labute approximate surface area is 61.1 Å². The molecule has 62 valence electrons. The predicted octanol–water partition coefficient (Wildman–Crippen LogP) is -0.564. The lowest BCUT2D eigenvalue weighted by Gasteiger charge is -2.15. The van der Waals surface area contributed by atoms with Crippen molar-refractivity contribution in [2.24, 2.45) is 5.14 Å². The van der Waals surface area contributed by atoms with Gasteiger partial charge in [0, 0.05) is 0 Å². The first-order chi connectivity index (χ1) is 4.21. The van der Waals surface area contributed by atoms with E-state index in [9.17, 15) is 8.42 Å². The third kappa shape index (κ3) is 7.87. The quantitative estimate of drug-likeness (QED) is 0.591. The van der Waals surface area contributed by atoms with Crippen LogP contribution >= 0.6 is 0 Å². The molecular formula is C5H13NO3S. The van der Waals surface area contributed by atoms with E-state index < -0.39 is 15.6 Å². The zero-order chi connectivity index (χ0) is 8.41. The summed E-state index contributed by atoms with van der Waals surface area (Å²) in [4.78, 5) is 0. The fraction of sp³-hybridized carbons (Fsp3) is 1.00. The second-order valence-corrected chi connectivity index (χ2v) is 4.66. The molecule has 4 nitrogen and oxygen atoms in total. The average Bonchev–Trinajstić information content (AvgIpc) is 1.57. The highest BCUT2D eigenvalue weighted by Gasteiger charge is 2.15. The summed E-state index contributed by atoms with van der Waals surface area (Å²) in [7, 11) is -3.42. The molecule has 0 aromatic heterocycles. The van der Waals surface area contributed by atoms with Crippen LogP contribution in [0, 0.1) is 0 Å². The summed E-state index contributed by atoms with van der Waals surface area (Å²) in [5.74, 6) is -0.170. The van der Waals surface area contributed by atoms with E-state index in [1.165, 1.54) is 13.8 Å². The van der Waals surface area contributed by atoms with Crippen molar-refractivity contribution in [3.63, 3.8) is 0 Å². The Morgan fingerprint density at radius 2 is 1.90 bits per heavy atom. The maximum Gasteiger partial charge on any atom is 0.209 e. The summed E-state index contributed by atoms with van der Waals surface area (Å²) in [6, 6.07) is 0. The number of aliphatic hydroxyl groups is 1. The highest BCUT2D eigenvalue weighted by atomic mass is 32.2. The molecule has 5 heteroatoms. The molecular weight excluding hydrogens is 154 g/mol. The van der Waals surface area contributed by atoms with Crippen LogP contribution in [0.4, 0.5) is 0 Å². The van der Waals surface area contributed by atoms with Crippen LogP contribution in [0.3, 0.4) is 0 Å². The van der Waals surface area contributed by atoms with E-state index in [-0.39, 0.29) is 12.2 Å². The molecule has 0 spiro atoms. The summed E-state index contributed by atoms with van der Waals surface area (Å²) < 4.78 is 20.7. The van der Waals surface area contributed by atoms with Gasteiger partial charge in [-0.25, -0.2) is 13.6 Å². The lowest BCUT2D eigenvalue weighted by Crippen LogP contribution is -2.26. The SMILES string of the molecule is CC(C)(O)CCS(N)(=O)=O. The number of primary sulfonamides is 1. The van der Waals surface area contributed by atoms with Gasteiger partial charge >= 0.3 is 0 Å². The van der Waals surface area contributed by atoms with Crippen LogP contribution in [-0.4, -0.2) is 24.9 Å². The average molecular weight is 167 g/mol. The molecule has 0 atom stereocenters. The summed E-state index contributed by atoms with van der Waals surface area (Å²) in [5, 5.41) is 13.8. The zero-order valence-corrected chi connectivity index (χ0v) is 6.98. The molecule has 0 heterocycles. The Bertz CT molecular complexity index is 189. The van der Waals surface area contributed by atoms with Crippen molar-refractivity contribution in [1.82, 2.24) is 0 Å². The number of hydrogen-bond donors (Lipinski definition) is 2. The van der Waals surface area contributed by atoms with Gasteiger partial charge in [-0.3, -0.25) is 0 Å². The van der Waals surface area contributed by atoms with E-state index >= 15 is 0 Å².